The zero-order valence-corrected chi connectivity index (χ0v) is 15.9. The molecule has 26 heavy (non-hydrogen) atoms. The number of hydrogen-bond acceptors (Lipinski definition) is 6. The lowest BCUT2D eigenvalue weighted by molar-refractivity contribution is -0.160. The lowest BCUT2D eigenvalue weighted by atomic mass is 10.1. The summed E-state index contributed by atoms with van der Waals surface area (Å²) in [4.78, 5) is 23.7. The van der Waals surface area contributed by atoms with Gasteiger partial charge < -0.3 is 24.3 Å². The van der Waals surface area contributed by atoms with Crippen LogP contribution in [0.25, 0.3) is 0 Å². The molecule has 1 saturated heterocycles. The fraction of sp³-hybridized carbons (Fsp3) is 0.778. The van der Waals surface area contributed by atoms with Crippen LogP contribution in [-0.4, -0.2) is 56.3 Å². The van der Waals surface area contributed by atoms with Crippen molar-refractivity contribution in [2.75, 3.05) is 20.3 Å². The van der Waals surface area contributed by atoms with Gasteiger partial charge in [-0.3, -0.25) is 10.1 Å². The molecule has 0 radical (unpaired) electrons. The topological polar surface area (TPSA) is 95.1 Å². The van der Waals surface area contributed by atoms with Crippen LogP contribution in [0.4, 0.5) is 4.79 Å². The predicted molar refractivity (Wildman–Crippen MR) is 94.3 cm³/mol. The summed E-state index contributed by atoms with van der Waals surface area (Å²) >= 11 is 0. The smallest absolute Gasteiger partial charge is 0.322 e. The molecule has 1 heterocycles. The van der Waals surface area contributed by atoms with Gasteiger partial charge in [-0.2, -0.15) is 0 Å². The van der Waals surface area contributed by atoms with Gasteiger partial charge in [-0.1, -0.05) is 13.3 Å². The highest BCUT2D eigenvalue weighted by molar-refractivity contribution is 6.00. The van der Waals surface area contributed by atoms with Crippen molar-refractivity contribution < 1.29 is 28.5 Å². The second-order valence-corrected chi connectivity index (χ2v) is 7.10. The van der Waals surface area contributed by atoms with E-state index in [9.17, 15) is 9.59 Å². The van der Waals surface area contributed by atoms with E-state index in [0.29, 0.717) is 19.6 Å². The van der Waals surface area contributed by atoms with Gasteiger partial charge in [0.05, 0.1) is 32.1 Å². The average Bonchev–Trinajstić information content (AvgIpc) is 3.04. The Morgan fingerprint density at radius 2 is 2.00 bits per heavy atom. The minimum atomic E-state index is -0.704. The predicted octanol–water partition coefficient (Wildman–Crippen LogP) is 1.70. The van der Waals surface area contributed by atoms with Crippen LogP contribution >= 0.6 is 0 Å². The van der Waals surface area contributed by atoms with E-state index in [4.69, 9.17) is 14.2 Å². The van der Waals surface area contributed by atoms with E-state index < -0.39 is 17.7 Å². The Morgan fingerprint density at radius 1 is 1.27 bits per heavy atom. The van der Waals surface area contributed by atoms with Gasteiger partial charge in [0.25, 0.3) is 5.91 Å². The number of amides is 3. The lowest BCUT2D eigenvalue weighted by Crippen LogP contribution is -2.48. The molecule has 2 fully saturated rings. The number of carbonyl (C=O) groups is 2. The standard InChI is InChI=1S/C18H30N2O6/c1-5-6-8-24-11-12-10-13(16-15(12)25-18(2,3)26-16)19-17(22)20-14(21)7-9-23-4/h7,9,12-13,15-16H,5-6,8,10-11H2,1-4H3,(H2,19,20,21,22)/b9-7+/t12-,13-,15?,16?/m1/s1. The van der Waals surface area contributed by atoms with E-state index in [-0.39, 0.29) is 24.2 Å². The number of imide groups is 1. The Bertz CT molecular complexity index is 522. The first-order valence-corrected chi connectivity index (χ1v) is 9.10. The Kier molecular flexibility index (Phi) is 7.43. The third-order valence-corrected chi connectivity index (χ3v) is 4.46. The number of urea groups is 1. The van der Waals surface area contributed by atoms with Crippen molar-refractivity contribution in [3.8, 4) is 0 Å². The fourth-order valence-corrected chi connectivity index (χ4v) is 3.36. The summed E-state index contributed by atoms with van der Waals surface area (Å²) in [5, 5.41) is 5.05. The maximum atomic E-state index is 12.1. The van der Waals surface area contributed by atoms with Crippen molar-refractivity contribution in [3.63, 3.8) is 0 Å². The van der Waals surface area contributed by atoms with Crippen LogP contribution in [-0.2, 0) is 23.7 Å². The van der Waals surface area contributed by atoms with Crippen LogP contribution in [0.15, 0.2) is 12.3 Å². The van der Waals surface area contributed by atoms with Crippen LogP contribution in [0.1, 0.15) is 40.0 Å². The van der Waals surface area contributed by atoms with E-state index in [0.717, 1.165) is 18.9 Å². The quantitative estimate of drug-likeness (QED) is 0.384. The van der Waals surface area contributed by atoms with Crippen LogP contribution < -0.4 is 10.6 Å². The van der Waals surface area contributed by atoms with Crippen molar-refractivity contribution in [2.24, 2.45) is 5.92 Å². The number of fused-ring (bicyclic) bond motifs is 1. The molecule has 1 aliphatic heterocycles. The highest BCUT2D eigenvalue weighted by Gasteiger charge is 2.54. The zero-order chi connectivity index (χ0) is 19.2. The normalized spacial score (nSPS) is 29.5. The van der Waals surface area contributed by atoms with Crippen molar-refractivity contribution in [2.45, 2.75) is 64.1 Å². The minimum absolute atomic E-state index is 0.132. The van der Waals surface area contributed by atoms with Gasteiger partial charge in [0.15, 0.2) is 5.79 Å². The summed E-state index contributed by atoms with van der Waals surface area (Å²) in [6.07, 6.45) is 4.71. The molecule has 4 atom stereocenters. The molecule has 0 aromatic heterocycles. The van der Waals surface area contributed by atoms with E-state index in [1.807, 2.05) is 13.8 Å². The first-order chi connectivity index (χ1) is 12.4. The molecule has 8 heteroatoms. The van der Waals surface area contributed by atoms with Crippen LogP contribution in [0, 0.1) is 5.92 Å². The van der Waals surface area contributed by atoms with Gasteiger partial charge in [0.1, 0.15) is 6.10 Å². The van der Waals surface area contributed by atoms with Gasteiger partial charge in [0, 0.05) is 18.6 Å². The van der Waals surface area contributed by atoms with Gasteiger partial charge >= 0.3 is 6.03 Å². The maximum absolute atomic E-state index is 12.1. The van der Waals surface area contributed by atoms with Crippen LogP contribution in [0.3, 0.4) is 0 Å². The average molecular weight is 370 g/mol. The Labute approximate surface area is 154 Å². The van der Waals surface area contributed by atoms with Crippen LogP contribution in [0.2, 0.25) is 0 Å². The summed E-state index contributed by atoms with van der Waals surface area (Å²) in [5.74, 6) is -1.12. The zero-order valence-electron chi connectivity index (χ0n) is 15.9. The molecular formula is C18H30N2O6. The van der Waals surface area contributed by atoms with Gasteiger partial charge in [-0.25, -0.2) is 4.79 Å². The highest BCUT2D eigenvalue weighted by Crippen LogP contribution is 2.41. The molecule has 0 aromatic carbocycles. The fourth-order valence-electron chi connectivity index (χ4n) is 3.36. The number of nitrogens with one attached hydrogen (secondary N) is 2. The van der Waals surface area contributed by atoms with Gasteiger partial charge in [-0.15, -0.1) is 0 Å². The second-order valence-electron chi connectivity index (χ2n) is 7.10. The SMILES string of the molecule is CCCCOC[C@H]1C[C@@H](NC(=O)NC(=O)/C=C/OC)C2OC(C)(C)OC21. The third kappa shape index (κ3) is 5.69. The third-order valence-electron chi connectivity index (χ3n) is 4.46. The molecule has 0 aromatic rings. The van der Waals surface area contributed by atoms with Gasteiger partial charge in [0.2, 0.25) is 0 Å². The van der Waals surface area contributed by atoms with E-state index in [1.165, 1.54) is 13.4 Å². The number of hydrogen-bond donors (Lipinski definition) is 2. The number of unbranched alkanes of at least 4 members (excludes halogenated alkanes) is 1. The van der Waals surface area contributed by atoms with Crippen molar-refractivity contribution in [3.05, 3.63) is 12.3 Å². The minimum Gasteiger partial charge on any atom is -0.504 e. The van der Waals surface area contributed by atoms with Gasteiger partial charge in [-0.05, 0) is 26.7 Å². The summed E-state index contributed by atoms with van der Waals surface area (Å²) in [5.41, 5.74) is 0. The molecule has 8 nitrogen and oxygen atoms in total. The molecule has 2 N–H and O–H groups in total. The molecule has 148 valence electrons. The van der Waals surface area contributed by atoms with Crippen molar-refractivity contribution in [1.82, 2.24) is 10.6 Å². The first-order valence-electron chi connectivity index (χ1n) is 9.10. The maximum Gasteiger partial charge on any atom is 0.322 e. The van der Waals surface area contributed by atoms with E-state index in [2.05, 4.69) is 22.3 Å². The second kappa shape index (κ2) is 9.34. The highest BCUT2D eigenvalue weighted by atomic mass is 16.8. The first kappa shape index (κ1) is 20.7. The largest absolute Gasteiger partial charge is 0.504 e. The van der Waals surface area contributed by atoms with Crippen molar-refractivity contribution in [1.29, 1.82) is 0 Å². The van der Waals surface area contributed by atoms with E-state index in [1.54, 1.807) is 0 Å². The summed E-state index contributed by atoms with van der Waals surface area (Å²) in [6, 6.07) is -0.818. The number of rotatable bonds is 8. The molecule has 1 saturated carbocycles. The Hall–Kier alpha value is -1.64. The molecule has 0 spiro atoms. The van der Waals surface area contributed by atoms with E-state index >= 15 is 0 Å². The molecule has 2 unspecified atom stereocenters. The molecule has 0 bridgehead atoms. The summed E-state index contributed by atoms with van der Waals surface area (Å²) in [6.45, 7) is 7.11. The lowest BCUT2D eigenvalue weighted by Gasteiger charge is -2.24. The molecule has 1 aliphatic carbocycles. The number of methoxy groups -OCH3 is 1. The van der Waals surface area contributed by atoms with Crippen molar-refractivity contribution >= 4 is 11.9 Å². The number of ether oxygens (including phenoxy) is 4. The molecule has 2 rings (SSSR count). The Balaban J connectivity index is 1.91. The Morgan fingerprint density at radius 3 is 2.69 bits per heavy atom. The molecule has 3 amide bonds. The monoisotopic (exact) mass is 370 g/mol. The summed E-state index contributed by atoms with van der Waals surface area (Å²) < 4.78 is 22.4. The molecule has 2 aliphatic rings. The molecular weight excluding hydrogens is 340 g/mol. The summed E-state index contributed by atoms with van der Waals surface area (Å²) in [7, 11) is 1.42. The van der Waals surface area contributed by atoms with Crippen LogP contribution in [0.5, 0.6) is 0 Å². The number of carbonyl (C=O) groups excluding carboxylic acids is 2.